The lowest BCUT2D eigenvalue weighted by Crippen LogP contribution is -2.25. The molecule has 2 aliphatic rings. The second-order valence-corrected chi connectivity index (χ2v) is 5.79. The Hall–Kier alpha value is -2.05. The third-order valence-electron chi connectivity index (χ3n) is 4.20. The Kier molecular flexibility index (Phi) is 4.04. The second kappa shape index (κ2) is 5.98. The van der Waals surface area contributed by atoms with Gasteiger partial charge in [0.15, 0.2) is 0 Å². The van der Waals surface area contributed by atoms with Crippen molar-refractivity contribution in [3.63, 3.8) is 0 Å². The number of β-amino-alcohol motifs (C(OH)–C–C–N with tert-alkyl or cyclic N) is 2. The van der Waals surface area contributed by atoms with Crippen molar-refractivity contribution in [2.45, 2.75) is 25.6 Å². The van der Waals surface area contributed by atoms with E-state index in [1.807, 2.05) is 17.1 Å². The van der Waals surface area contributed by atoms with Gasteiger partial charge >= 0.3 is 0 Å². The van der Waals surface area contributed by atoms with Crippen molar-refractivity contribution < 1.29 is 15.0 Å². The first-order valence-electron chi connectivity index (χ1n) is 7.35. The summed E-state index contributed by atoms with van der Waals surface area (Å²) in [5.41, 5.74) is 2.63. The molecule has 3 unspecified atom stereocenters. The van der Waals surface area contributed by atoms with Gasteiger partial charge in [-0.1, -0.05) is 12.2 Å². The molecule has 1 aliphatic carbocycles. The number of aliphatic hydroxyl groups excluding tert-OH is 2. The van der Waals surface area contributed by atoms with Gasteiger partial charge in [0.25, 0.3) is 0 Å². The summed E-state index contributed by atoms with van der Waals surface area (Å²) in [7, 11) is 0. The molecule has 2 heterocycles. The highest BCUT2D eigenvalue weighted by Crippen LogP contribution is 2.34. The van der Waals surface area contributed by atoms with Crippen molar-refractivity contribution in [3.05, 3.63) is 42.1 Å². The number of aromatic nitrogens is 2. The maximum Gasteiger partial charge on any atom is 0.136 e. The van der Waals surface area contributed by atoms with Gasteiger partial charge in [0.05, 0.1) is 12.2 Å². The molecule has 2 N–H and O–H groups in total. The molecule has 22 heavy (non-hydrogen) atoms. The number of nitrogens with zero attached hydrogens (tertiary/aromatic N) is 3. The second-order valence-electron chi connectivity index (χ2n) is 5.79. The van der Waals surface area contributed by atoms with Gasteiger partial charge in [0, 0.05) is 48.2 Å². The van der Waals surface area contributed by atoms with E-state index in [0.29, 0.717) is 19.5 Å². The van der Waals surface area contributed by atoms with E-state index in [2.05, 4.69) is 9.97 Å². The van der Waals surface area contributed by atoms with E-state index in [-0.39, 0.29) is 11.7 Å². The summed E-state index contributed by atoms with van der Waals surface area (Å²) < 4.78 is 0. The van der Waals surface area contributed by atoms with Crippen LogP contribution in [0.4, 0.5) is 0 Å². The van der Waals surface area contributed by atoms with E-state index < -0.39 is 12.2 Å². The normalized spacial score (nSPS) is 28.3. The number of likely N-dealkylation sites (tertiary alicyclic amines) is 1. The van der Waals surface area contributed by atoms with Crippen LogP contribution in [0.25, 0.3) is 5.57 Å². The van der Waals surface area contributed by atoms with Gasteiger partial charge in [-0.15, -0.1) is 0 Å². The molecule has 3 atom stereocenters. The van der Waals surface area contributed by atoms with Crippen molar-refractivity contribution in [2.75, 3.05) is 13.1 Å². The number of aliphatic hydroxyl groups is 2. The van der Waals surface area contributed by atoms with E-state index in [4.69, 9.17) is 0 Å². The molecule has 3 rings (SSSR count). The zero-order valence-electron chi connectivity index (χ0n) is 12.4. The van der Waals surface area contributed by atoms with Crippen LogP contribution in [0.15, 0.2) is 36.6 Å². The highest BCUT2D eigenvalue weighted by atomic mass is 16.3. The molecule has 1 aromatic rings. The SMILES string of the molecule is CC(=O)C1C=C(c2cncnc2)C(N2CC(O)C(O)C2)=CC1. The maximum absolute atomic E-state index is 11.7. The van der Waals surface area contributed by atoms with Crippen molar-refractivity contribution in [1.29, 1.82) is 0 Å². The minimum absolute atomic E-state index is 0.117. The molecule has 0 bridgehead atoms. The third-order valence-corrected chi connectivity index (χ3v) is 4.20. The van der Waals surface area contributed by atoms with Gasteiger partial charge in [-0.2, -0.15) is 0 Å². The number of allylic oxidation sites excluding steroid dienone is 3. The Labute approximate surface area is 128 Å². The first-order chi connectivity index (χ1) is 10.6. The number of hydrogen-bond acceptors (Lipinski definition) is 6. The van der Waals surface area contributed by atoms with Gasteiger partial charge in [0.1, 0.15) is 12.1 Å². The van der Waals surface area contributed by atoms with E-state index >= 15 is 0 Å². The van der Waals surface area contributed by atoms with Crippen molar-refractivity contribution in [1.82, 2.24) is 14.9 Å². The summed E-state index contributed by atoms with van der Waals surface area (Å²) in [6, 6.07) is 0. The molecule has 6 nitrogen and oxygen atoms in total. The zero-order chi connectivity index (χ0) is 15.7. The first kappa shape index (κ1) is 14.9. The minimum Gasteiger partial charge on any atom is -0.389 e. The van der Waals surface area contributed by atoms with E-state index in [1.165, 1.54) is 6.33 Å². The van der Waals surface area contributed by atoms with E-state index in [0.717, 1.165) is 16.8 Å². The van der Waals surface area contributed by atoms with Crippen molar-refractivity contribution >= 4 is 11.4 Å². The fraction of sp³-hybridized carbons (Fsp3) is 0.438. The largest absolute Gasteiger partial charge is 0.389 e. The fourth-order valence-electron chi connectivity index (χ4n) is 2.93. The van der Waals surface area contributed by atoms with Crippen LogP contribution in [0.1, 0.15) is 18.9 Å². The highest BCUT2D eigenvalue weighted by Gasteiger charge is 2.33. The topological polar surface area (TPSA) is 86.6 Å². The Balaban J connectivity index is 1.95. The molecule has 6 heteroatoms. The maximum atomic E-state index is 11.7. The Morgan fingerprint density at radius 1 is 1.23 bits per heavy atom. The standard InChI is InChI=1S/C16H19N3O3/c1-10(20)11-2-3-14(19-7-15(21)16(22)8-19)13(4-11)12-5-17-9-18-6-12/h3-6,9,11,15-16,21-22H,2,7-8H2,1H3. The van der Waals surface area contributed by atoms with Crippen LogP contribution in [0, 0.1) is 5.92 Å². The van der Waals surface area contributed by atoms with Gasteiger partial charge < -0.3 is 15.1 Å². The predicted octanol–water partition coefficient (Wildman–Crippen LogP) is 0.390. The van der Waals surface area contributed by atoms with Crippen LogP contribution in [0.5, 0.6) is 0 Å². The number of hydrogen-bond donors (Lipinski definition) is 2. The molecule has 116 valence electrons. The molecule has 0 saturated carbocycles. The zero-order valence-corrected chi connectivity index (χ0v) is 12.4. The number of rotatable bonds is 3. The molecule has 0 aromatic carbocycles. The lowest BCUT2D eigenvalue weighted by Gasteiger charge is -2.28. The summed E-state index contributed by atoms with van der Waals surface area (Å²) in [5, 5.41) is 19.6. The first-order valence-corrected chi connectivity index (χ1v) is 7.35. The number of ketones is 1. The number of carbonyl (C=O) groups excluding carboxylic acids is 1. The molecule has 0 spiro atoms. The molecule has 0 radical (unpaired) electrons. The summed E-state index contributed by atoms with van der Waals surface area (Å²) in [5.74, 6) is -0.0393. The van der Waals surface area contributed by atoms with Crippen LogP contribution in [-0.4, -0.2) is 56.2 Å². The smallest absolute Gasteiger partial charge is 0.136 e. The third kappa shape index (κ3) is 2.80. The molecule has 0 amide bonds. The monoisotopic (exact) mass is 301 g/mol. The summed E-state index contributed by atoms with van der Waals surface area (Å²) in [4.78, 5) is 21.7. The van der Waals surface area contributed by atoms with Crippen LogP contribution < -0.4 is 0 Å². The van der Waals surface area contributed by atoms with Crippen molar-refractivity contribution in [2.24, 2.45) is 5.92 Å². The predicted molar refractivity (Wildman–Crippen MR) is 80.5 cm³/mol. The molecule has 1 saturated heterocycles. The van der Waals surface area contributed by atoms with Crippen molar-refractivity contribution in [3.8, 4) is 0 Å². The van der Waals surface area contributed by atoms with Gasteiger partial charge in [-0.3, -0.25) is 4.79 Å². The van der Waals surface area contributed by atoms with Gasteiger partial charge in [-0.25, -0.2) is 9.97 Å². The Bertz CT molecular complexity index is 617. The molecular weight excluding hydrogens is 282 g/mol. The number of carbonyl (C=O) groups is 1. The number of Topliss-reactive ketones (excluding diaryl/α,β-unsaturated/α-hetero) is 1. The average Bonchev–Trinajstić information content (AvgIpc) is 2.87. The molecular formula is C16H19N3O3. The summed E-state index contributed by atoms with van der Waals surface area (Å²) >= 11 is 0. The fourth-order valence-corrected chi connectivity index (χ4v) is 2.93. The Morgan fingerprint density at radius 3 is 2.45 bits per heavy atom. The summed E-state index contributed by atoms with van der Waals surface area (Å²) in [6.07, 6.45) is 7.94. The molecule has 1 fully saturated rings. The lowest BCUT2D eigenvalue weighted by molar-refractivity contribution is -0.119. The van der Waals surface area contributed by atoms with Crippen LogP contribution in [-0.2, 0) is 4.79 Å². The average molecular weight is 301 g/mol. The van der Waals surface area contributed by atoms with Gasteiger partial charge in [0.2, 0.25) is 0 Å². The quantitative estimate of drug-likeness (QED) is 0.840. The molecule has 1 aliphatic heterocycles. The highest BCUT2D eigenvalue weighted by molar-refractivity contribution is 5.87. The lowest BCUT2D eigenvalue weighted by atomic mass is 9.88. The molecule has 1 aromatic heterocycles. The van der Waals surface area contributed by atoms with Gasteiger partial charge in [-0.05, 0) is 13.3 Å². The van der Waals surface area contributed by atoms with Crippen LogP contribution in [0.3, 0.4) is 0 Å². The minimum atomic E-state index is -0.750. The van der Waals surface area contributed by atoms with E-state index in [1.54, 1.807) is 19.3 Å². The van der Waals surface area contributed by atoms with E-state index in [9.17, 15) is 15.0 Å². The van der Waals surface area contributed by atoms with Crippen LogP contribution >= 0.6 is 0 Å². The Morgan fingerprint density at radius 2 is 1.86 bits per heavy atom. The van der Waals surface area contributed by atoms with Crippen LogP contribution in [0.2, 0.25) is 0 Å². The summed E-state index contributed by atoms with van der Waals surface area (Å²) in [6.45, 7) is 2.34.